The van der Waals surface area contributed by atoms with Gasteiger partial charge in [-0.2, -0.15) is 0 Å². The highest BCUT2D eigenvalue weighted by Gasteiger charge is 2.19. The molecule has 108 valence electrons. The van der Waals surface area contributed by atoms with Crippen molar-refractivity contribution in [3.05, 3.63) is 23.5 Å². The minimum Gasteiger partial charge on any atom is -0.396 e. The number of ether oxygens (including phenoxy) is 1. The summed E-state index contributed by atoms with van der Waals surface area (Å²) in [7, 11) is -2.14. The second-order valence-corrected chi connectivity index (χ2v) is 6.29. The van der Waals surface area contributed by atoms with Crippen molar-refractivity contribution in [1.29, 1.82) is 0 Å². The molecule has 0 aliphatic rings. The van der Waals surface area contributed by atoms with Crippen LogP contribution in [-0.4, -0.2) is 28.7 Å². The minimum absolute atomic E-state index is 0.00369. The lowest BCUT2D eigenvalue weighted by Crippen LogP contribution is -2.30. The molecule has 1 atom stereocenters. The molecule has 1 unspecified atom stereocenters. The van der Waals surface area contributed by atoms with E-state index in [-0.39, 0.29) is 23.0 Å². The van der Waals surface area contributed by atoms with Crippen molar-refractivity contribution in [1.82, 2.24) is 4.72 Å². The second kappa shape index (κ2) is 6.31. The summed E-state index contributed by atoms with van der Waals surface area (Å²) in [5.41, 5.74) is 5.54. The lowest BCUT2D eigenvalue weighted by atomic mass is 10.2. The van der Waals surface area contributed by atoms with Gasteiger partial charge < -0.3 is 10.5 Å². The lowest BCUT2D eigenvalue weighted by molar-refractivity contribution is 0.161. The highest BCUT2D eigenvalue weighted by molar-refractivity contribution is 7.89. The van der Waals surface area contributed by atoms with Gasteiger partial charge in [0.15, 0.2) is 0 Å². The molecule has 0 spiro atoms. The number of anilines is 1. The second-order valence-electron chi connectivity index (χ2n) is 4.55. The summed E-state index contributed by atoms with van der Waals surface area (Å²) in [4.78, 5) is -0.00369. The maximum Gasteiger partial charge on any atom is 0.240 e. The molecule has 0 bridgehead atoms. The van der Waals surface area contributed by atoms with Crippen molar-refractivity contribution in [3.8, 4) is 0 Å². The van der Waals surface area contributed by atoms with Crippen LogP contribution < -0.4 is 10.5 Å². The normalized spacial score (nSPS) is 13.5. The molecule has 0 aliphatic carbocycles. The summed E-state index contributed by atoms with van der Waals surface area (Å²) < 4.78 is 44.8. The van der Waals surface area contributed by atoms with E-state index in [1.165, 1.54) is 6.92 Å². The van der Waals surface area contributed by atoms with E-state index in [2.05, 4.69) is 4.72 Å². The van der Waals surface area contributed by atoms with E-state index < -0.39 is 15.8 Å². The molecule has 1 rings (SSSR count). The fourth-order valence-electron chi connectivity index (χ4n) is 1.63. The van der Waals surface area contributed by atoms with Crippen molar-refractivity contribution in [2.75, 3.05) is 26.0 Å². The first-order valence-corrected chi connectivity index (χ1v) is 7.30. The van der Waals surface area contributed by atoms with Crippen LogP contribution >= 0.6 is 0 Å². The molecule has 1 aromatic rings. The molecule has 0 saturated heterocycles. The van der Waals surface area contributed by atoms with Crippen molar-refractivity contribution < 1.29 is 17.5 Å². The molecule has 0 amide bonds. The number of aryl methyl sites for hydroxylation is 1. The van der Waals surface area contributed by atoms with E-state index in [9.17, 15) is 12.8 Å². The van der Waals surface area contributed by atoms with Gasteiger partial charge >= 0.3 is 0 Å². The molecule has 0 aliphatic heterocycles. The topological polar surface area (TPSA) is 81.4 Å². The molecule has 3 N–H and O–H groups in total. The average Bonchev–Trinajstić information content (AvgIpc) is 2.31. The Kier molecular flexibility index (Phi) is 5.28. The Bertz CT molecular complexity index is 546. The summed E-state index contributed by atoms with van der Waals surface area (Å²) >= 11 is 0. The van der Waals surface area contributed by atoms with E-state index in [0.29, 0.717) is 12.2 Å². The number of rotatable bonds is 6. The summed E-state index contributed by atoms with van der Waals surface area (Å²) in [6, 6.07) is 2.25. The maximum absolute atomic E-state index is 13.2. The molecular weight excluding hydrogens is 271 g/mol. The van der Waals surface area contributed by atoms with Gasteiger partial charge in [-0.3, -0.25) is 0 Å². The van der Waals surface area contributed by atoms with Crippen LogP contribution in [0, 0.1) is 18.7 Å². The zero-order valence-corrected chi connectivity index (χ0v) is 12.1. The molecule has 0 radical (unpaired) electrons. The minimum atomic E-state index is -3.70. The zero-order valence-electron chi connectivity index (χ0n) is 11.2. The number of hydrogen-bond donors (Lipinski definition) is 2. The van der Waals surface area contributed by atoms with Crippen LogP contribution in [0.1, 0.15) is 12.5 Å². The van der Waals surface area contributed by atoms with Crippen LogP contribution in [0.3, 0.4) is 0 Å². The first-order valence-electron chi connectivity index (χ1n) is 5.82. The number of sulfonamides is 1. The zero-order chi connectivity index (χ0) is 14.6. The van der Waals surface area contributed by atoms with Gasteiger partial charge in [0.2, 0.25) is 10.0 Å². The molecule has 0 fully saturated rings. The van der Waals surface area contributed by atoms with Crippen LogP contribution in [0.4, 0.5) is 10.1 Å². The molecule has 0 heterocycles. The number of halogens is 1. The average molecular weight is 290 g/mol. The third-order valence-corrected chi connectivity index (χ3v) is 4.22. The fraction of sp³-hybridized carbons (Fsp3) is 0.500. The summed E-state index contributed by atoms with van der Waals surface area (Å²) in [5, 5.41) is 0. The Morgan fingerprint density at radius 2 is 2.11 bits per heavy atom. The van der Waals surface area contributed by atoms with Crippen molar-refractivity contribution in [2.24, 2.45) is 5.92 Å². The standard InChI is InChI=1S/C12H19FN2O3S/c1-8(7-18-3)6-15-19(16,17)12-5-11(14)10(13)4-9(12)2/h4-5,8,15H,6-7,14H2,1-3H3. The van der Waals surface area contributed by atoms with Gasteiger partial charge in [-0.05, 0) is 30.5 Å². The predicted molar refractivity (Wildman–Crippen MR) is 71.8 cm³/mol. The predicted octanol–water partition coefficient (Wildman–Crippen LogP) is 1.28. The van der Waals surface area contributed by atoms with Gasteiger partial charge in [-0.25, -0.2) is 17.5 Å². The van der Waals surface area contributed by atoms with Gasteiger partial charge in [0.05, 0.1) is 10.6 Å². The number of nitrogens with two attached hydrogens (primary N) is 1. The SMILES string of the molecule is COCC(C)CNS(=O)(=O)c1cc(N)c(F)cc1C. The Labute approximate surface area is 113 Å². The summed E-state index contributed by atoms with van der Waals surface area (Å²) in [6.45, 7) is 4.08. The molecule has 19 heavy (non-hydrogen) atoms. The largest absolute Gasteiger partial charge is 0.396 e. The molecule has 1 aromatic carbocycles. The number of nitrogen functional groups attached to an aromatic ring is 1. The third-order valence-electron chi connectivity index (χ3n) is 2.66. The van der Waals surface area contributed by atoms with Crippen LogP contribution in [0.5, 0.6) is 0 Å². The fourth-order valence-corrected chi connectivity index (χ4v) is 3.06. The Hall–Kier alpha value is -1.18. The van der Waals surface area contributed by atoms with E-state index in [0.717, 1.165) is 12.1 Å². The number of hydrogen-bond acceptors (Lipinski definition) is 4. The monoisotopic (exact) mass is 290 g/mol. The molecule has 0 saturated carbocycles. The quantitative estimate of drug-likeness (QED) is 0.773. The first kappa shape index (κ1) is 15.9. The Morgan fingerprint density at radius 3 is 2.68 bits per heavy atom. The van der Waals surface area contributed by atoms with Gasteiger partial charge in [0.25, 0.3) is 0 Å². The van der Waals surface area contributed by atoms with Gasteiger partial charge in [-0.15, -0.1) is 0 Å². The van der Waals surface area contributed by atoms with Crippen LogP contribution in [0.2, 0.25) is 0 Å². The van der Waals surface area contributed by atoms with E-state index in [1.807, 2.05) is 6.92 Å². The summed E-state index contributed by atoms with van der Waals surface area (Å²) in [6.07, 6.45) is 0. The molecular formula is C12H19FN2O3S. The highest BCUT2D eigenvalue weighted by atomic mass is 32.2. The smallest absolute Gasteiger partial charge is 0.240 e. The first-order chi connectivity index (χ1) is 8.77. The van der Waals surface area contributed by atoms with Crippen molar-refractivity contribution in [2.45, 2.75) is 18.7 Å². The lowest BCUT2D eigenvalue weighted by Gasteiger charge is -2.14. The van der Waals surface area contributed by atoms with Crippen LogP contribution in [0.25, 0.3) is 0 Å². The van der Waals surface area contributed by atoms with E-state index in [1.54, 1.807) is 7.11 Å². The van der Waals surface area contributed by atoms with E-state index >= 15 is 0 Å². The van der Waals surface area contributed by atoms with Crippen LogP contribution in [0.15, 0.2) is 17.0 Å². The van der Waals surface area contributed by atoms with Gasteiger partial charge in [0, 0.05) is 20.3 Å². The molecule has 5 nitrogen and oxygen atoms in total. The maximum atomic E-state index is 13.2. The van der Waals surface area contributed by atoms with Crippen LogP contribution in [-0.2, 0) is 14.8 Å². The Morgan fingerprint density at radius 1 is 1.47 bits per heavy atom. The third kappa shape index (κ3) is 4.15. The van der Waals surface area contributed by atoms with E-state index in [4.69, 9.17) is 10.5 Å². The Balaban J connectivity index is 2.92. The molecule has 7 heteroatoms. The molecule has 0 aromatic heterocycles. The number of nitrogens with one attached hydrogen (secondary N) is 1. The van der Waals surface area contributed by atoms with Crippen molar-refractivity contribution in [3.63, 3.8) is 0 Å². The number of benzene rings is 1. The summed E-state index contributed by atoms with van der Waals surface area (Å²) in [5.74, 6) is -0.581. The number of methoxy groups -OCH3 is 1. The highest BCUT2D eigenvalue weighted by Crippen LogP contribution is 2.21. The van der Waals surface area contributed by atoms with Gasteiger partial charge in [0.1, 0.15) is 5.82 Å². The van der Waals surface area contributed by atoms with Gasteiger partial charge in [-0.1, -0.05) is 6.92 Å². The van der Waals surface area contributed by atoms with Crippen molar-refractivity contribution >= 4 is 15.7 Å².